The molecule has 0 spiro atoms. The van der Waals surface area contributed by atoms with Crippen LogP contribution in [0.15, 0.2) is 15.9 Å². The molecule has 0 aromatic carbocycles. The third-order valence-electron chi connectivity index (χ3n) is 2.64. The second-order valence-electron chi connectivity index (χ2n) is 3.73. The molecule has 1 rings (SSSR count). The summed E-state index contributed by atoms with van der Waals surface area (Å²) in [6.07, 6.45) is 3.19. The highest BCUT2D eigenvalue weighted by atomic mass is 79.9. The van der Waals surface area contributed by atoms with Gasteiger partial charge in [0.25, 0.3) is 0 Å². The van der Waals surface area contributed by atoms with Gasteiger partial charge >= 0.3 is 0 Å². The van der Waals surface area contributed by atoms with Gasteiger partial charge in [-0.2, -0.15) is 0 Å². The number of thiophene rings is 1. The molecule has 0 fully saturated rings. The van der Waals surface area contributed by atoms with Crippen molar-refractivity contribution in [3.63, 3.8) is 0 Å². The fraction of sp³-hybridized carbons (Fsp3) is 0.636. The van der Waals surface area contributed by atoms with Crippen LogP contribution in [0.3, 0.4) is 0 Å². The average molecular weight is 307 g/mol. The topological polar surface area (TPSA) is 47.3 Å². The van der Waals surface area contributed by atoms with E-state index in [1.165, 1.54) is 4.88 Å². The lowest BCUT2D eigenvalue weighted by atomic mass is 10.0. The van der Waals surface area contributed by atoms with E-state index in [4.69, 9.17) is 10.6 Å². The van der Waals surface area contributed by atoms with E-state index in [2.05, 4.69) is 39.7 Å². The lowest BCUT2D eigenvalue weighted by Crippen LogP contribution is -2.46. The quantitative estimate of drug-likeness (QED) is 0.601. The molecular formula is C11H19BrN2OS. The molecule has 3 nitrogen and oxygen atoms in total. The zero-order chi connectivity index (χ0) is 12.0. The zero-order valence-electron chi connectivity index (χ0n) is 9.70. The second-order valence-corrected chi connectivity index (χ2v) is 5.59. The predicted octanol–water partition coefficient (Wildman–Crippen LogP) is 2.70. The summed E-state index contributed by atoms with van der Waals surface area (Å²) in [6, 6.07) is 2.23. The molecule has 0 bridgehead atoms. The van der Waals surface area contributed by atoms with Crippen molar-refractivity contribution in [3.8, 4) is 0 Å². The molecule has 1 aromatic heterocycles. The van der Waals surface area contributed by atoms with E-state index < -0.39 is 0 Å². The van der Waals surface area contributed by atoms with E-state index in [1.54, 1.807) is 18.4 Å². The first-order valence-electron chi connectivity index (χ1n) is 5.43. The first-order chi connectivity index (χ1) is 7.72. The summed E-state index contributed by atoms with van der Waals surface area (Å²) in [5.74, 6) is 5.61. The highest BCUT2D eigenvalue weighted by molar-refractivity contribution is 9.10. The molecule has 5 heteroatoms. The Balaban J connectivity index is 2.63. The second kappa shape index (κ2) is 7.40. The van der Waals surface area contributed by atoms with Crippen LogP contribution in [0.1, 0.15) is 24.6 Å². The maximum atomic E-state index is 5.61. The van der Waals surface area contributed by atoms with Gasteiger partial charge in [-0.3, -0.25) is 11.3 Å². The number of hydrogen-bond acceptors (Lipinski definition) is 4. The van der Waals surface area contributed by atoms with Gasteiger partial charge in [0.1, 0.15) is 0 Å². The van der Waals surface area contributed by atoms with Crippen LogP contribution < -0.4 is 11.3 Å². The molecule has 1 heterocycles. The number of nitrogens with two attached hydrogens (primary N) is 1. The van der Waals surface area contributed by atoms with E-state index in [1.807, 2.05) is 0 Å². The standard InChI is InChI=1S/C11H19BrN2OS/c1-3-4-10(15-2)9(14-13)7-11-8(12)5-6-16-11/h5-6,9-10,14H,3-4,7,13H2,1-2H3. The molecule has 0 saturated heterocycles. The van der Waals surface area contributed by atoms with Crippen molar-refractivity contribution in [2.45, 2.75) is 38.3 Å². The lowest BCUT2D eigenvalue weighted by Gasteiger charge is -2.24. The molecule has 0 saturated carbocycles. The lowest BCUT2D eigenvalue weighted by molar-refractivity contribution is 0.0611. The van der Waals surface area contributed by atoms with Crippen LogP contribution in [0, 0.1) is 0 Å². The number of ether oxygens (including phenoxy) is 1. The monoisotopic (exact) mass is 306 g/mol. The van der Waals surface area contributed by atoms with Crippen LogP contribution >= 0.6 is 27.3 Å². The first-order valence-corrected chi connectivity index (χ1v) is 7.11. The Morgan fingerprint density at radius 2 is 2.38 bits per heavy atom. The first kappa shape index (κ1) is 14.1. The van der Waals surface area contributed by atoms with Crippen molar-refractivity contribution in [2.24, 2.45) is 5.84 Å². The molecule has 0 amide bonds. The van der Waals surface area contributed by atoms with Gasteiger partial charge in [-0.1, -0.05) is 13.3 Å². The number of nitrogens with one attached hydrogen (secondary N) is 1. The van der Waals surface area contributed by atoms with Crippen molar-refractivity contribution in [3.05, 3.63) is 20.8 Å². The van der Waals surface area contributed by atoms with Gasteiger partial charge in [-0.05, 0) is 33.8 Å². The average Bonchev–Trinajstić information content (AvgIpc) is 2.69. The van der Waals surface area contributed by atoms with Gasteiger partial charge in [-0.15, -0.1) is 11.3 Å². The summed E-state index contributed by atoms with van der Waals surface area (Å²) in [7, 11) is 1.74. The fourth-order valence-corrected chi connectivity index (χ4v) is 3.31. The molecule has 0 aliphatic carbocycles. The minimum Gasteiger partial charge on any atom is -0.380 e. The fourth-order valence-electron chi connectivity index (χ4n) is 1.74. The third kappa shape index (κ3) is 3.82. The predicted molar refractivity (Wildman–Crippen MR) is 72.5 cm³/mol. The van der Waals surface area contributed by atoms with Gasteiger partial charge in [-0.25, -0.2) is 0 Å². The number of methoxy groups -OCH3 is 1. The number of hydrogen-bond donors (Lipinski definition) is 2. The van der Waals surface area contributed by atoms with Gasteiger partial charge in [0.05, 0.1) is 12.1 Å². The molecule has 0 aliphatic heterocycles. The van der Waals surface area contributed by atoms with Crippen molar-refractivity contribution in [1.29, 1.82) is 0 Å². The summed E-state index contributed by atoms with van der Waals surface area (Å²) >= 11 is 5.28. The maximum absolute atomic E-state index is 5.61. The number of hydrazine groups is 1. The van der Waals surface area contributed by atoms with E-state index in [-0.39, 0.29) is 12.1 Å². The summed E-state index contributed by atoms with van der Waals surface area (Å²) in [5.41, 5.74) is 2.86. The van der Waals surface area contributed by atoms with Crippen molar-refractivity contribution < 1.29 is 4.74 Å². The van der Waals surface area contributed by atoms with Crippen LogP contribution in [0.5, 0.6) is 0 Å². The van der Waals surface area contributed by atoms with Crippen LogP contribution in [0.4, 0.5) is 0 Å². The highest BCUT2D eigenvalue weighted by Crippen LogP contribution is 2.25. The van der Waals surface area contributed by atoms with Crippen LogP contribution in [-0.2, 0) is 11.2 Å². The highest BCUT2D eigenvalue weighted by Gasteiger charge is 2.21. The minimum absolute atomic E-state index is 0.167. The summed E-state index contributed by atoms with van der Waals surface area (Å²) in [4.78, 5) is 1.31. The summed E-state index contributed by atoms with van der Waals surface area (Å²) in [6.45, 7) is 2.15. The Kier molecular flexibility index (Phi) is 6.53. The van der Waals surface area contributed by atoms with Gasteiger partial charge < -0.3 is 4.74 Å². The normalized spacial score (nSPS) is 15.0. The van der Waals surface area contributed by atoms with E-state index >= 15 is 0 Å². The van der Waals surface area contributed by atoms with Gasteiger partial charge in [0, 0.05) is 22.9 Å². The van der Waals surface area contributed by atoms with Crippen LogP contribution in [0.2, 0.25) is 0 Å². The van der Waals surface area contributed by atoms with Crippen LogP contribution in [0.25, 0.3) is 0 Å². The molecular weight excluding hydrogens is 288 g/mol. The van der Waals surface area contributed by atoms with Crippen molar-refractivity contribution >= 4 is 27.3 Å². The molecule has 16 heavy (non-hydrogen) atoms. The van der Waals surface area contributed by atoms with Gasteiger partial charge in [0.2, 0.25) is 0 Å². The summed E-state index contributed by atoms with van der Waals surface area (Å²) < 4.78 is 6.64. The molecule has 0 aliphatic rings. The molecule has 2 unspecified atom stereocenters. The third-order valence-corrected chi connectivity index (χ3v) is 4.58. The van der Waals surface area contributed by atoms with E-state index in [9.17, 15) is 0 Å². The van der Waals surface area contributed by atoms with E-state index in [0.29, 0.717) is 0 Å². The Labute approximate surface area is 109 Å². The Morgan fingerprint density at radius 1 is 1.62 bits per heavy atom. The zero-order valence-corrected chi connectivity index (χ0v) is 12.1. The molecule has 1 aromatic rings. The summed E-state index contributed by atoms with van der Waals surface area (Å²) in [5, 5.41) is 2.08. The smallest absolute Gasteiger partial charge is 0.0741 e. The number of rotatable bonds is 7. The number of halogens is 1. The Morgan fingerprint density at radius 3 is 2.81 bits per heavy atom. The molecule has 0 radical (unpaired) electrons. The van der Waals surface area contributed by atoms with Crippen molar-refractivity contribution in [2.75, 3.05) is 7.11 Å². The molecule has 92 valence electrons. The minimum atomic E-state index is 0.167. The van der Waals surface area contributed by atoms with Crippen LogP contribution in [-0.4, -0.2) is 19.3 Å². The van der Waals surface area contributed by atoms with Gasteiger partial charge in [0.15, 0.2) is 0 Å². The van der Waals surface area contributed by atoms with Crippen molar-refractivity contribution in [1.82, 2.24) is 5.43 Å². The largest absolute Gasteiger partial charge is 0.380 e. The SMILES string of the molecule is CCCC(OC)C(Cc1sccc1Br)NN. The Hall–Kier alpha value is 0.0600. The maximum Gasteiger partial charge on any atom is 0.0741 e. The molecule has 3 N–H and O–H groups in total. The van der Waals surface area contributed by atoms with E-state index in [0.717, 1.165) is 23.7 Å². The Bertz CT molecular complexity index is 306. The molecule has 2 atom stereocenters.